The SMILES string of the molecule is CCCCOc1ccc2ccccc2c1/C=N/NC(=O)c1ccc(I)c(OC)c1. The molecule has 150 valence electrons. The number of carbonyl (C=O) groups excluding carboxylic acids is 1. The number of halogens is 1. The van der Waals surface area contributed by atoms with Crippen molar-refractivity contribution in [2.45, 2.75) is 19.8 Å². The topological polar surface area (TPSA) is 59.9 Å². The minimum Gasteiger partial charge on any atom is -0.496 e. The number of hydrogen-bond acceptors (Lipinski definition) is 4. The fourth-order valence-electron chi connectivity index (χ4n) is 2.88. The zero-order valence-corrected chi connectivity index (χ0v) is 18.6. The number of methoxy groups -OCH3 is 1. The van der Waals surface area contributed by atoms with Gasteiger partial charge in [-0.1, -0.05) is 43.7 Å². The van der Waals surface area contributed by atoms with Gasteiger partial charge in [0.15, 0.2) is 0 Å². The molecule has 1 amide bonds. The first kappa shape index (κ1) is 21.1. The summed E-state index contributed by atoms with van der Waals surface area (Å²) in [5.74, 6) is 1.11. The second-order valence-electron chi connectivity index (χ2n) is 6.45. The van der Waals surface area contributed by atoms with Crippen LogP contribution in [0.15, 0.2) is 59.7 Å². The van der Waals surface area contributed by atoms with Crippen molar-refractivity contribution >= 4 is 45.5 Å². The van der Waals surface area contributed by atoms with Gasteiger partial charge in [-0.25, -0.2) is 5.43 Å². The average Bonchev–Trinajstić information content (AvgIpc) is 2.75. The molecule has 6 heteroatoms. The van der Waals surface area contributed by atoms with Gasteiger partial charge in [0.2, 0.25) is 0 Å². The molecule has 1 N–H and O–H groups in total. The van der Waals surface area contributed by atoms with Crippen LogP contribution in [0.5, 0.6) is 11.5 Å². The molecule has 3 aromatic rings. The molecule has 0 saturated carbocycles. The Balaban J connectivity index is 1.83. The van der Waals surface area contributed by atoms with Crippen molar-refractivity contribution in [2.24, 2.45) is 5.10 Å². The van der Waals surface area contributed by atoms with E-state index in [0.29, 0.717) is 17.9 Å². The summed E-state index contributed by atoms with van der Waals surface area (Å²) in [6.07, 6.45) is 3.69. The lowest BCUT2D eigenvalue weighted by Crippen LogP contribution is -2.17. The summed E-state index contributed by atoms with van der Waals surface area (Å²) < 4.78 is 12.2. The predicted molar refractivity (Wildman–Crippen MR) is 125 cm³/mol. The van der Waals surface area contributed by atoms with Crippen LogP contribution in [0.3, 0.4) is 0 Å². The van der Waals surface area contributed by atoms with Gasteiger partial charge < -0.3 is 9.47 Å². The number of hydrogen-bond donors (Lipinski definition) is 1. The van der Waals surface area contributed by atoms with Gasteiger partial charge in [0.1, 0.15) is 11.5 Å². The van der Waals surface area contributed by atoms with Crippen LogP contribution >= 0.6 is 22.6 Å². The van der Waals surface area contributed by atoms with Crippen molar-refractivity contribution in [1.29, 1.82) is 0 Å². The molecular weight excluding hydrogens is 479 g/mol. The lowest BCUT2D eigenvalue weighted by Gasteiger charge is -2.11. The van der Waals surface area contributed by atoms with Crippen LogP contribution in [0, 0.1) is 3.57 Å². The Hall–Kier alpha value is -2.61. The van der Waals surface area contributed by atoms with Gasteiger partial charge in [0.25, 0.3) is 5.91 Å². The third-order valence-electron chi connectivity index (χ3n) is 4.46. The number of carbonyl (C=O) groups is 1. The minimum absolute atomic E-state index is 0.301. The summed E-state index contributed by atoms with van der Waals surface area (Å²) >= 11 is 2.16. The average molecular weight is 502 g/mol. The van der Waals surface area contributed by atoms with E-state index in [1.54, 1.807) is 25.5 Å². The molecule has 3 rings (SSSR count). The van der Waals surface area contributed by atoms with E-state index in [1.807, 2.05) is 42.5 Å². The Morgan fingerprint density at radius 3 is 2.76 bits per heavy atom. The Bertz CT molecular complexity index is 1030. The van der Waals surface area contributed by atoms with Gasteiger partial charge in [-0.15, -0.1) is 0 Å². The minimum atomic E-state index is -0.301. The van der Waals surface area contributed by atoms with Crippen LogP contribution < -0.4 is 14.9 Å². The number of benzene rings is 3. The maximum absolute atomic E-state index is 12.5. The number of nitrogens with one attached hydrogen (secondary N) is 1. The molecule has 0 unspecified atom stereocenters. The number of unbranched alkanes of at least 4 members (excludes halogenated alkanes) is 1. The molecular formula is C23H23IN2O3. The lowest BCUT2D eigenvalue weighted by atomic mass is 10.0. The smallest absolute Gasteiger partial charge is 0.271 e. The second kappa shape index (κ2) is 10.2. The Labute approximate surface area is 184 Å². The van der Waals surface area contributed by atoms with Crippen molar-refractivity contribution in [3.8, 4) is 11.5 Å². The highest BCUT2D eigenvalue weighted by Gasteiger charge is 2.10. The first-order chi connectivity index (χ1) is 14.1. The van der Waals surface area contributed by atoms with E-state index in [9.17, 15) is 4.79 Å². The van der Waals surface area contributed by atoms with E-state index in [0.717, 1.165) is 38.5 Å². The predicted octanol–water partition coefficient (Wildman–Crippen LogP) is 5.40. The first-order valence-electron chi connectivity index (χ1n) is 9.45. The fourth-order valence-corrected chi connectivity index (χ4v) is 3.44. The third kappa shape index (κ3) is 5.26. The monoisotopic (exact) mass is 502 g/mol. The van der Waals surface area contributed by atoms with Crippen LogP contribution in [0.4, 0.5) is 0 Å². The number of hydrazone groups is 1. The van der Waals surface area contributed by atoms with E-state index in [2.05, 4.69) is 40.0 Å². The highest BCUT2D eigenvalue weighted by atomic mass is 127. The number of amides is 1. The highest BCUT2D eigenvalue weighted by molar-refractivity contribution is 14.1. The Morgan fingerprint density at radius 1 is 1.14 bits per heavy atom. The van der Waals surface area contributed by atoms with E-state index in [4.69, 9.17) is 9.47 Å². The molecule has 29 heavy (non-hydrogen) atoms. The standard InChI is InChI=1S/C23H23IN2O3/c1-3-4-13-29-21-12-10-16-7-5-6-8-18(16)19(21)15-25-26-23(27)17-9-11-20(24)22(14-17)28-2/h5-12,14-15H,3-4,13H2,1-2H3,(H,26,27)/b25-15+. The number of rotatable bonds is 8. The number of fused-ring (bicyclic) bond motifs is 1. The molecule has 0 aliphatic carbocycles. The van der Waals surface area contributed by atoms with Crippen LogP contribution in [0.1, 0.15) is 35.7 Å². The number of ether oxygens (including phenoxy) is 2. The van der Waals surface area contributed by atoms with E-state index < -0.39 is 0 Å². The first-order valence-corrected chi connectivity index (χ1v) is 10.5. The molecule has 0 bridgehead atoms. The molecule has 0 radical (unpaired) electrons. The van der Waals surface area contributed by atoms with Gasteiger partial charge >= 0.3 is 0 Å². The molecule has 0 aliphatic heterocycles. The van der Waals surface area contributed by atoms with Gasteiger partial charge in [-0.05, 0) is 64.0 Å². The van der Waals surface area contributed by atoms with Gasteiger partial charge in [-0.2, -0.15) is 5.10 Å². The van der Waals surface area contributed by atoms with E-state index in [1.165, 1.54) is 0 Å². The molecule has 0 aliphatic rings. The summed E-state index contributed by atoms with van der Waals surface area (Å²) in [7, 11) is 1.58. The lowest BCUT2D eigenvalue weighted by molar-refractivity contribution is 0.0954. The molecule has 3 aromatic carbocycles. The molecule has 0 spiro atoms. The van der Waals surface area contributed by atoms with E-state index >= 15 is 0 Å². The van der Waals surface area contributed by atoms with Crippen molar-refractivity contribution in [1.82, 2.24) is 5.43 Å². The Morgan fingerprint density at radius 2 is 1.97 bits per heavy atom. The molecule has 0 saturated heterocycles. The van der Waals surface area contributed by atoms with Crippen LogP contribution in [-0.2, 0) is 0 Å². The largest absolute Gasteiger partial charge is 0.496 e. The van der Waals surface area contributed by atoms with Crippen molar-refractivity contribution in [3.05, 3.63) is 69.3 Å². The van der Waals surface area contributed by atoms with Crippen LogP contribution in [-0.4, -0.2) is 25.8 Å². The maximum Gasteiger partial charge on any atom is 0.271 e. The van der Waals surface area contributed by atoms with Gasteiger partial charge in [-0.3, -0.25) is 4.79 Å². The maximum atomic E-state index is 12.5. The normalized spacial score (nSPS) is 11.0. The Kier molecular flexibility index (Phi) is 7.46. The van der Waals surface area contributed by atoms with Crippen molar-refractivity contribution < 1.29 is 14.3 Å². The van der Waals surface area contributed by atoms with E-state index in [-0.39, 0.29) is 5.91 Å². The van der Waals surface area contributed by atoms with Crippen LogP contribution in [0.2, 0.25) is 0 Å². The summed E-state index contributed by atoms with van der Waals surface area (Å²) in [5, 5.41) is 6.30. The summed E-state index contributed by atoms with van der Waals surface area (Å²) in [5.41, 5.74) is 3.92. The molecule has 0 fully saturated rings. The van der Waals surface area contributed by atoms with Crippen molar-refractivity contribution in [3.63, 3.8) is 0 Å². The molecule has 0 heterocycles. The quantitative estimate of drug-likeness (QED) is 0.194. The summed E-state index contributed by atoms with van der Waals surface area (Å²) in [6, 6.07) is 17.3. The van der Waals surface area contributed by atoms with Crippen molar-refractivity contribution in [2.75, 3.05) is 13.7 Å². The fraction of sp³-hybridized carbons (Fsp3) is 0.217. The molecule has 0 aromatic heterocycles. The van der Waals surface area contributed by atoms with Gasteiger partial charge in [0, 0.05) is 11.1 Å². The number of nitrogens with zero attached hydrogens (tertiary/aromatic N) is 1. The zero-order valence-electron chi connectivity index (χ0n) is 16.4. The molecule has 0 atom stereocenters. The highest BCUT2D eigenvalue weighted by Crippen LogP contribution is 2.27. The third-order valence-corrected chi connectivity index (χ3v) is 5.35. The summed E-state index contributed by atoms with van der Waals surface area (Å²) in [6.45, 7) is 2.77. The second-order valence-corrected chi connectivity index (χ2v) is 7.61. The molecule has 5 nitrogen and oxygen atoms in total. The zero-order chi connectivity index (χ0) is 20.6. The van der Waals surface area contributed by atoms with Crippen LogP contribution in [0.25, 0.3) is 10.8 Å². The summed E-state index contributed by atoms with van der Waals surface area (Å²) in [4.78, 5) is 12.5. The van der Waals surface area contributed by atoms with Gasteiger partial charge in [0.05, 0.1) is 23.5 Å².